The molecule has 23 heavy (non-hydrogen) atoms. The van der Waals surface area contributed by atoms with E-state index in [9.17, 15) is 9.90 Å². The molecule has 0 atom stereocenters. The lowest BCUT2D eigenvalue weighted by Crippen LogP contribution is -2.26. The largest absolute Gasteiger partial charge is 0.396 e. The van der Waals surface area contributed by atoms with Crippen LogP contribution in [-0.2, 0) is 0 Å². The van der Waals surface area contributed by atoms with Crippen LogP contribution in [0.15, 0.2) is 17.6 Å². The maximum absolute atomic E-state index is 12.4. The number of carbonyl (C=O) groups is 1. The number of rotatable bonds is 7. The fourth-order valence-corrected chi connectivity index (χ4v) is 3.31. The topological polar surface area (TPSA) is 67.2 Å². The number of nitrogens with zero attached hydrogens (tertiary/aromatic N) is 2. The lowest BCUT2D eigenvalue weighted by molar-refractivity contribution is 0.0948. The molecule has 0 aliphatic rings. The average Bonchev–Trinajstić information content (AvgIpc) is 3.11. The quantitative estimate of drug-likeness (QED) is 0.764. The molecule has 2 heterocycles. The number of carbonyl (C=O) groups excluding carboxylic acids is 1. The van der Waals surface area contributed by atoms with Gasteiger partial charge in [0.2, 0.25) is 0 Å². The van der Waals surface area contributed by atoms with Crippen molar-refractivity contribution in [2.24, 2.45) is 5.41 Å². The van der Waals surface area contributed by atoms with Crippen molar-refractivity contribution in [3.8, 4) is 5.13 Å². The Morgan fingerprint density at radius 2 is 2.17 bits per heavy atom. The second-order valence-electron chi connectivity index (χ2n) is 6.62. The Bertz CT molecular complexity index is 660. The van der Waals surface area contributed by atoms with E-state index in [2.05, 4.69) is 10.3 Å². The summed E-state index contributed by atoms with van der Waals surface area (Å²) in [6.45, 7) is 8.75. The summed E-state index contributed by atoms with van der Waals surface area (Å²) in [4.78, 5) is 16.7. The number of aliphatic hydroxyl groups is 1. The van der Waals surface area contributed by atoms with E-state index < -0.39 is 0 Å². The van der Waals surface area contributed by atoms with Crippen LogP contribution in [0.1, 0.15) is 48.4 Å². The van der Waals surface area contributed by atoms with Crippen LogP contribution in [-0.4, -0.2) is 33.7 Å². The molecule has 1 amide bonds. The summed E-state index contributed by atoms with van der Waals surface area (Å²) in [5.74, 6) is -0.0530. The molecule has 126 valence electrons. The molecule has 0 aromatic carbocycles. The van der Waals surface area contributed by atoms with Gasteiger partial charge in [0.1, 0.15) is 0 Å². The van der Waals surface area contributed by atoms with Gasteiger partial charge < -0.3 is 10.4 Å². The molecule has 6 heteroatoms. The minimum Gasteiger partial charge on any atom is -0.396 e. The van der Waals surface area contributed by atoms with Gasteiger partial charge in [-0.3, -0.25) is 9.36 Å². The summed E-state index contributed by atoms with van der Waals surface area (Å²) in [5.41, 5.74) is 2.51. The molecule has 0 spiro atoms. The molecule has 0 radical (unpaired) electrons. The number of aliphatic hydroxyl groups excluding tert-OH is 1. The van der Waals surface area contributed by atoms with Gasteiger partial charge in [-0.15, -0.1) is 11.3 Å². The van der Waals surface area contributed by atoms with Crippen molar-refractivity contribution in [3.63, 3.8) is 0 Å². The Balaban J connectivity index is 2.00. The number of hydrogen-bond acceptors (Lipinski definition) is 4. The molecular formula is C17H25N3O2S. The van der Waals surface area contributed by atoms with Gasteiger partial charge in [-0.2, -0.15) is 0 Å². The molecule has 0 unspecified atom stereocenters. The molecule has 0 aliphatic heterocycles. The van der Waals surface area contributed by atoms with E-state index in [1.54, 1.807) is 17.5 Å². The van der Waals surface area contributed by atoms with Crippen LogP contribution in [0, 0.1) is 19.3 Å². The van der Waals surface area contributed by atoms with Gasteiger partial charge in [0.05, 0.1) is 5.56 Å². The third-order valence-electron chi connectivity index (χ3n) is 4.03. The summed E-state index contributed by atoms with van der Waals surface area (Å²) >= 11 is 1.55. The Kier molecular flexibility index (Phi) is 5.59. The number of nitrogens with one attached hydrogen (secondary N) is 1. The minimum absolute atomic E-state index is 0.0530. The molecule has 0 bridgehead atoms. The summed E-state index contributed by atoms with van der Waals surface area (Å²) in [7, 11) is 0. The first kappa shape index (κ1) is 17.7. The summed E-state index contributed by atoms with van der Waals surface area (Å²) in [6.07, 6.45) is 3.49. The third kappa shape index (κ3) is 4.20. The maximum atomic E-state index is 12.4. The van der Waals surface area contributed by atoms with Gasteiger partial charge >= 0.3 is 0 Å². The van der Waals surface area contributed by atoms with E-state index in [-0.39, 0.29) is 17.9 Å². The molecule has 2 aromatic rings. The van der Waals surface area contributed by atoms with Gasteiger partial charge in [0.25, 0.3) is 5.91 Å². The molecule has 5 nitrogen and oxygen atoms in total. The molecule has 0 aliphatic carbocycles. The highest BCUT2D eigenvalue weighted by Gasteiger charge is 2.18. The highest BCUT2D eigenvalue weighted by atomic mass is 32.1. The van der Waals surface area contributed by atoms with Crippen LogP contribution in [0.5, 0.6) is 0 Å². The first-order chi connectivity index (χ1) is 10.9. The van der Waals surface area contributed by atoms with Crippen LogP contribution in [0.4, 0.5) is 0 Å². The van der Waals surface area contributed by atoms with Crippen LogP contribution in [0.2, 0.25) is 0 Å². The number of aryl methyl sites for hydroxylation is 1. The SMILES string of the molecule is Cc1cc(C(=O)NCCCC(C)(C)CO)c(C)n1-c1nccs1. The van der Waals surface area contributed by atoms with Crippen molar-refractivity contribution >= 4 is 17.2 Å². The lowest BCUT2D eigenvalue weighted by atomic mass is 9.89. The Labute approximate surface area is 141 Å². The van der Waals surface area contributed by atoms with E-state index in [1.165, 1.54) is 0 Å². The zero-order chi connectivity index (χ0) is 17.0. The van der Waals surface area contributed by atoms with Gasteiger partial charge in [-0.05, 0) is 38.2 Å². The molecule has 2 aromatic heterocycles. The number of amides is 1. The predicted molar refractivity (Wildman–Crippen MR) is 93.3 cm³/mol. The second kappa shape index (κ2) is 7.27. The van der Waals surface area contributed by atoms with Crippen LogP contribution in [0.25, 0.3) is 5.13 Å². The molecule has 0 saturated carbocycles. The van der Waals surface area contributed by atoms with Crippen molar-refractivity contribution in [3.05, 3.63) is 34.6 Å². The average molecular weight is 335 g/mol. The normalized spacial score (nSPS) is 11.7. The minimum atomic E-state index is -0.0919. The Hall–Kier alpha value is -1.66. The van der Waals surface area contributed by atoms with Crippen LogP contribution in [0.3, 0.4) is 0 Å². The van der Waals surface area contributed by atoms with Crippen LogP contribution >= 0.6 is 11.3 Å². The van der Waals surface area contributed by atoms with Crippen molar-refractivity contribution in [2.45, 2.75) is 40.5 Å². The van der Waals surface area contributed by atoms with Gasteiger partial charge in [0, 0.05) is 36.1 Å². The zero-order valence-corrected chi connectivity index (χ0v) is 15.0. The summed E-state index contributed by atoms with van der Waals surface area (Å²) in [5, 5.41) is 15.0. The Morgan fingerprint density at radius 3 is 2.78 bits per heavy atom. The molecule has 0 saturated heterocycles. The zero-order valence-electron chi connectivity index (χ0n) is 14.2. The van der Waals surface area contributed by atoms with Gasteiger partial charge in [-0.25, -0.2) is 4.98 Å². The maximum Gasteiger partial charge on any atom is 0.253 e. The molecule has 2 N–H and O–H groups in total. The third-order valence-corrected chi connectivity index (χ3v) is 4.79. The predicted octanol–water partition coefficient (Wildman–Crippen LogP) is 3.08. The summed E-state index contributed by atoms with van der Waals surface area (Å²) in [6, 6.07) is 1.91. The van der Waals surface area contributed by atoms with E-state index in [4.69, 9.17) is 0 Å². The van der Waals surface area contributed by atoms with Gasteiger partial charge in [-0.1, -0.05) is 13.8 Å². The van der Waals surface area contributed by atoms with Crippen molar-refractivity contribution in [2.75, 3.05) is 13.2 Å². The fraction of sp³-hybridized carbons (Fsp3) is 0.529. The number of hydrogen-bond donors (Lipinski definition) is 2. The first-order valence-electron chi connectivity index (χ1n) is 7.83. The first-order valence-corrected chi connectivity index (χ1v) is 8.71. The van der Waals surface area contributed by atoms with E-state index in [0.717, 1.165) is 29.4 Å². The van der Waals surface area contributed by atoms with E-state index in [0.29, 0.717) is 12.1 Å². The standard InChI is InChI=1S/C17H25N3O2S/c1-12-10-14(13(2)20(12)16-19-8-9-23-16)15(22)18-7-5-6-17(3,4)11-21/h8-10,21H,5-7,11H2,1-4H3,(H,18,22). The molecular weight excluding hydrogens is 310 g/mol. The lowest BCUT2D eigenvalue weighted by Gasteiger charge is -2.21. The number of thiazole rings is 1. The monoisotopic (exact) mass is 335 g/mol. The smallest absolute Gasteiger partial charge is 0.253 e. The van der Waals surface area contributed by atoms with Crippen molar-refractivity contribution < 1.29 is 9.90 Å². The highest BCUT2D eigenvalue weighted by molar-refractivity contribution is 7.12. The number of aromatic nitrogens is 2. The van der Waals surface area contributed by atoms with Crippen LogP contribution < -0.4 is 5.32 Å². The van der Waals surface area contributed by atoms with Crippen molar-refractivity contribution in [1.82, 2.24) is 14.9 Å². The Morgan fingerprint density at radius 1 is 1.43 bits per heavy atom. The van der Waals surface area contributed by atoms with Crippen molar-refractivity contribution in [1.29, 1.82) is 0 Å². The second-order valence-corrected chi connectivity index (χ2v) is 7.49. The fourth-order valence-electron chi connectivity index (χ4n) is 2.56. The molecule has 2 rings (SSSR count). The highest BCUT2D eigenvalue weighted by Crippen LogP contribution is 2.23. The summed E-state index contributed by atoms with van der Waals surface area (Å²) < 4.78 is 2.01. The van der Waals surface area contributed by atoms with E-state index in [1.807, 2.05) is 43.7 Å². The van der Waals surface area contributed by atoms with Gasteiger partial charge in [0.15, 0.2) is 5.13 Å². The van der Waals surface area contributed by atoms with E-state index >= 15 is 0 Å². The molecule has 0 fully saturated rings.